The highest BCUT2D eigenvalue weighted by Gasteiger charge is 2.19. The van der Waals surface area contributed by atoms with Gasteiger partial charge in [0.2, 0.25) is 0 Å². The van der Waals surface area contributed by atoms with Gasteiger partial charge in [-0.15, -0.1) is 11.3 Å². The molecule has 0 bridgehead atoms. The molecule has 1 nitrogen and oxygen atoms in total. The lowest BCUT2D eigenvalue weighted by Crippen LogP contribution is -2.28. The van der Waals surface area contributed by atoms with E-state index in [1.54, 1.807) is 0 Å². The summed E-state index contributed by atoms with van der Waals surface area (Å²) in [4.78, 5) is 4.14. The molecule has 0 unspecified atom stereocenters. The van der Waals surface area contributed by atoms with Crippen molar-refractivity contribution in [3.05, 3.63) is 22.4 Å². The summed E-state index contributed by atoms with van der Waals surface area (Å²) in [6.07, 6.45) is 4.03. The molecule has 72 valence electrons. The van der Waals surface area contributed by atoms with Crippen molar-refractivity contribution in [2.24, 2.45) is 0 Å². The second-order valence-corrected chi connectivity index (χ2v) is 4.89. The predicted octanol–water partition coefficient (Wildman–Crippen LogP) is 2.77. The lowest BCUT2D eigenvalue weighted by Gasteiger charge is -2.20. The highest BCUT2D eigenvalue weighted by Crippen LogP contribution is 2.17. The van der Waals surface area contributed by atoms with E-state index >= 15 is 0 Å². The van der Waals surface area contributed by atoms with Gasteiger partial charge in [0.1, 0.15) is 0 Å². The van der Waals surface area contributed by atoms with Gasteiger partial charge in [0, 0.05) is 17.5 Å². The smallest absolute Gasteiger partial charge is 0.00675 e. The van der Waals surface area contributed by atoms with E-state index in [1.807, 2.05) is 11.3 Å². The summed E-state index contributed by atoms with van der Waals surface area (Å²) in [7, 11) is 0. The molecular weight excluding hydrogens is 178 g/mol. The van der Waals surface area contributed by atoms with Crippen LogP contribution in [0.15, 0.2) is 17.5 Å². The molecule has 0 saturated carbocycles. The first-order chi connectivity index (χ1) is 6.36. The monoisotopic (exact) mass is 195 g/mol. The van der Waals surface area contributed by atoms with Crippen molar-refractivity contribution in [1.82, 2.24) is 4.90 Å². The quantitative estimate of drug-likeness (QED) is 0.717. The first-order valence-corrected chi connectivity index (χ1v) is 6.00. The Kier molecular flexibility index (Phi) is 3.01. The fraction of sp³-hybridized carbons (Fsp3) is 0.636. The lowest BCUT2D eigenvalue weighted by atomic mass is 10.2. The summed E-state index contributed by atoms with van der Waals surface area (Å²) < 4.78 is 0. The molecular formula is C11H17NS. The predicted molar refractivity (Wildman–Crippen MR) is 58.3 cm³/mol. The fourth-order valence-corrected chi connectivity index (χ4v) is 2.73. The standard InChI is InChI=1S/C11H17NS/c1-10-4-2-7-12(10)8-6-11-5-3-9-13-11/h3,5,9-10H,2,4,6-8H2,1H3/t10-/m1/s1. The van der Waals surface area contributed by atoms with Crippen LogP contribution in [-0.4, -0.2) is 24.0 Å². The molecule has 1 saturated heterocycles. The molecule has 1 aromatic heterocycles. The minimum atomic E-state index is 0.819. The Bertz CT molecular complexity index is 243. The molecule has 0 radical (unpaired) electrons. The van der Waals surface area contributed by atoms with Crippen LogP contribution in [-0.2, 0) is 6.42 Å². The van der Waals surface area contributed by atoms with Crippen molar-refractivity contribution >= 4 is 11.3 Å². The normalized spacial score (nSPS) is 23.9. The third kappa shape index (κ3) is 2.32. The third-order valence-electron chi connectivity index (χ3n) is 2.92. The Balaban J connectivity index is 1.79. The first-order valence-electron chi connectivity index (χ1n) is 5.12. The SMILES string of the molecule is C[C@@H]1CCCN1CCc1cccs1. The zero-order valence-corrected chi connectivity index (χ0v) is 9.02. The van der Waals surface area contributed by atoms with E-state index in [0.717, 1.165) is 6.04 Å². The van der Waals surface area contributed by atoms with Gasteiger partial charge < -0.3 is 4.90 Å². The maximum absolute atomic E-state index is 2.61. The Hall–Kier alpha value is -0.340. The molecule has 0 aromatic carbocycles. The van der Waals surface area contributed by atoms with E-state index in [4.69, 9.17) is 0 Å². The van der Waals surface area contributed by atoms with Gasteiger partial charge in [0.05, 0.1) is 0 Å². The molecule has 0 spiro atoms. The van der Waals surface area contributed by atoms with Crippen molar-refractivity contribution in [2.45, 2.75) is 32.2 Å². The maximum atomic E-state index is 2.61. The summed E-state index contributed by atoms with van der Waals surface area (Å²) >= 11 is 1.88. The zero-order valence-electron chi connectivity index (χ0n) is 8.20. The van der Waals surface area contributed by atoms with Crippen LogP contribution < -0.4 is 0 Å². The molecule has 2 rings (SSSR count). The van der Waals surface area contributed by atoms with Gasteiger partial charge in [-0.05, 0) is 44.2 Å². The van der Waals surface area contributed by atoms with Crippen molar-refractivity contribution in [2.75, 3.05) is 13.1 Å². The van der Waals surface area contributed by atoms with Crippen molar-refractivity contribution < 1.29 is 0 Å². The van der Waals surface area contributed by atoms with E-state index in [9.17, 15) is 0 Å². The highest BCUT2D eigenvalue weighted by molar-refractivity contribution is 7.09. The van der Waals surface area contributed by atoms with Crippen LogP contribution in [0.3, 0.4) is 0 Å². The molecule has 0 N–H and O–H groups in total. The van der Waals surface area contributed by atoms with Crippen LogP contribution >= 0.6 is 11.3 Å². The number of hydrogen-bond donors (Lipinski definition) is 0. The van der Waals surface area contributed by atoms with Gasteiger partial charge in [-0.25, -0.2) is 0 Å². The molecule has 1 aliphatic rings. The lowest BCUT2D eigenvalue weighted by molar-refractivity contribution is 0.273. The van der Waals surface area contributed by atoms with Crippen LogP contribution in [0.25, 0.3) is 0 Å². The van der Waals surface area contributed by atoms with E-state index in [2.05, 4.69) is 29.3 Å². The Labute approximate surface area is 84.4 Å². The largest absolute Gasteiger partial charge is 0.300 e. The molecule has 2 heterocycles. The highest BCUT2D eigenvalue weighted by atomic mass is 32.1. The number of hydrogen-bond acceptors (Lipinski definition) is 2. The first kappa shape index (κ1) is 9.22. The summed E-state index contributed by atoms with van der Waals surface area (Å²) in [6.45, 7) is 4.91. The number of rotatable bonds is 3. The molecule has 0 aliphatic carbocycles. The molecule has 1 fully saturated rings. The summed E-state index contributed by atoms with van der Waals surface area (Å²) in [5.41, 5.74) is 0. The van der Waals surface area contributed by atoms with Gasteiger partial charge in [-0.3, -0.25) is 0 Å². The van der Waals surface area contributed by atoms with Crippen LogP contribution in [0.2, 0.25) is 0 Å². The number of likely N-dealkylation sites (tertiary alicyclic amines) is 1. The topological polar surface area (TPSA) is 3.24 Å². The van der Waals surface area contributed by atoms with Crippen molar-refractivity contribution in [3.8, 4) is 0 Å². The Morgan fingerprint density at radius 2 is 2.54 bits per heavy atom. The zero-order chi connectivity index (χ0) is 9.10. The second kappa shape index (κ2) is 4.25. The van der Waals surface area contributed by atoms with Crippen LogP contribution in [0.4, 0.5) is 0 Å². The second-order valence-electron chi connectivity index (χ2n) is 3.86. The third-order valence-corrected chi connectivity index (χ3v) is 3.85. The number of thiophene rings is 1. The fourth-order valence-electron chi connectivity index (χ4n) is 2.03. The number of nitrogens with zero attached hydrogens (tertiary/aromatic N) is 1. The van der Waals surface area contributed by atoms with Gasteiger partial charge in [0.25, 0.3) is 0 Å². The van der Waals surface area contributed by atoms with Gasteiger partial charge in [0.15, 0.2) is 0 Å². The van der Waals surface area contributed by atoms with Crippen molar-refractivity contribution in [1.29, 1.82) is 0 Å². The van der Waals surface area contributed by atoms with E-state index in [-0.39, 0.29) is 0 Å². The van der Waals surface area contributed by atoms with E-state index in [1.165, 1.54) is 37.2 Å². The molecule has 13 heavy (non-hydrogen) atoms. The molecule has 0 amide bonds. The minimum absolute atomic E-state index is 0.819. The van der Waals surface area contributed by atoms with Gasteiger partial charge in [-0.2, -0.15) is 0 Å². The van der Waals surface area contributed by atoms with Crippen LogP contribution in [0, 0.1) is 0 Å². The van der Waals surface area contributed by atoms with E-state index < -0.39 is 0 Å². The summed E-state index contributed by atoms with van der Waals surface area (Å²) in [6, 6.07) is 5.21. The average Bonchev–Trinajstić information content (AvgIpc) is 2.72. The van der Waals surface area contributed by atoms with Crippen LogP contribution in [0.1, 0.15) is 24.6 Å². The Morgan fingerprint density at radius 1 is 1.62 bits per heavy atom. The van der Waals surface area contributed by atoms with Crippen LogP contribution in [0.5, 0.6) is 0 Å². The Morgan fingerprint density at radius 3 is 3.15 bits per heavy atom. The average molecular weight is 195 g/mol. The molecule has 1 atom stereocenters. The molecule has 1 aliphatic heterocycles. The van der Waals surface area contributed by atoms with Gasteiger partial charge in [-0.1, -0.05) is 6.07 Å². The summed E-state index contributed by atoms with van der Waals surface area (Å²) in [5, 5.41) is 2.17. The summed E-state index contributed by atoms with van der Waals surface area (Å²) in [5.74, 6) is 0. The maximum Gasteiger partial charge on any atom is 0.00675 e. The minimum Gasteiger partial charge on any atom is -0.300 e. The molecule has 1 aromatic rings. The van der Waals surface area contributed by atoms with Gasteiger partial charge >= 0.3 is 0 Å². The van der Waals surface area contributed by atoms with Crippen molar-refractivity contribution in [3.63, 3.8) is 0 Å². The van der Waals surface area contributed by atoms with E-state index in [0.29, 0.717) is 0 Å². The molecule has 2 heteroatoms.